The second-order valence-electron chi connectivity index (χ2n) is 8.15. The van der Waals surface area contributed by atoms with Crippen molar-refractivity contribution in [1.82, 2.24) is 19.6 Å². The molecule has 0 aliphatic heterocycles. The van der Waals surface area contributed by atoms with Crippen molar-refractivity contribution in [3.05, 3.63) is 58.1 Å². The average molecular weight is 482 g/mol. The number of alkyl halides is 3. The maximum Gasteiger partial charge on any atom is 0.436 e. The van der Waals surface area contributed by atoms with Gasteiger partial charge in [-0.15, -0.1) is 0 Å². The molecule has 0 unspecified atom stereocenters. The van der Waals surface area contributed by atoms with Crippen LogP contribution in [0.1, 0.15) is 47.7 Å². The first-order valence-electron chi connectivity index (χ1n) is 10.5. The Labute approximate surface area is 193 Å². The second kappa shape index (κ2) is 9.09. The number of hydrogen-bond acceptors (Lipinski definition) is 4. The number of carbonyl (C=O) groups excluding carboxylic acids is 1. The molecular weight excluding hydrogens is 459 g/mol. The summed E-state index contributed by atoms with van der Waals surface area (Å²) in [6.07, 6.45) is -0.0766. The molecule has 1 aliphatic carbocycles. The predicted molar refractivity (Wildman–Crippen MR) is 116 cm³/mol. The number of ether oxygens (including phenoxy) is 1. The molecule has 1 amide bonds. The monoisotopic (exact) mass is 481 g/mol. The summed E-state index contributed by atoms with van der Waals surface area (Å²) in [5.41, 5.74) is 1.86. The van der Waals surface area contributed by atoms with Gasteiger partial charge in [0.2, 0.25) is 5.91 Å². The molecule has 1 aromatic carbocycles. The lowest BCUT2D eigenvalue weighted by atomic mass is 10.1. The van der Waals surface area contributed by atoms with Crippen LogP contribution < -0.4 is 10.1 Å². The highest BCUT2D eigenvalue weighted by molar-refractivity contribution is 6.32. The van der Waals surface area contributed by atoms with Crippen molar-refractivity contribution >= 4 is 23.2 Å². The molecule has 2 aromatic heterocycles. The Morgan fingerprint density at radius 2 is 2.06 bits per heavy atom. The van der Waals surface area contributed by atoms with Crippen molar-refractivity contribution in [1.29, 1.82) is 0 Å². The molecular formula is C22H23ClF3N5O2. The van der Waals surface area contributed by atoms with Crippen molar-refractivity contribution in [2.45, 2.75) is 58.5 Å². The van der Waals surface area contributed by atoms with Crippen LogP contribution in [0.25, 0.3) is 0 Å². The second-order valence-corrected chi connectivity index (χ2v) is 8.53. The Hall–Kier alpha value is -3.01. The van der Waals surface area contributed by atoms with E-state index in [9.17, 15) is 18.0 Å². The van der Waals surface area contributed by atoms with Gasteiger partial charge in [-0.25, -0.2) is 4.68 Å². The number of rotatable bonds is 8. The molecule has 0 bridgehead atoms. The molecule has 0 spiro atoms. The van der Waals surface area contributed by atoms with Gasteiger partial charge in [0.25, 0.3) is 0 Å². The van der Waals surface area contributed by atoms with Gasteiger partial charge in [0, 0.05) is 12.3 Å². The topological polar surface area (TPSA) is 74.0 Å². The normalized spacial score (nSPS) is 13.9. The third-order valence-corrected chi connectivity index (χ3v) is 5.69. The van der Waals surface area contributed by atoms with E-state index in [4.69, 9.17) is 16.3 Å². The van der Waals surface area contributed by atoms with Crippen molar-refractivity contribution in [2.75, 3.05) is 5.32 Å². The van der Waals surface area contributed by atoms with Gasteiger partial charge < -0.3 is 10.1 Å². The van der Waals surface area contributed by atoms with E-state index < -0.39 is 11.9 Å². The van der Waals surface area contributed by atoms with E-state index in [1.807, 2.05) is 32.0 Å². The molecule has 1 aliphatic rings. The molecule has 33 heavy (non-hydrogen) atoms. The first-order chi connectivity index (χ1) is 15.6. The average Bonchev–Trinajstić information content (AvgIpc) is 3.37. The molecule has 0 radical (unpaired) electrons. The number of aromatic nitrogens is 4. The van der Waals surface area contributed by atoms with Gasteiger partial charge in [-0.05, 0) is 38.3 Å². The molecule has 11 heteroatoms. The fraction of sp³-hybridized carbons (Fsp3) is 0.409. The number of amides is 1. The highest BCUT2D eigenvalue weighted by Crippen LogP contribution is 2.46. The van der Waals surface area contributed by atoms with E-state index >= 15 is 0 Å². The minimum absolute atomic E-state index is 0.00256. The highest BCUT2D eigenvalue weighted by atomic mass is 35.5. The first-order valence-corrected chi connectivity index (χ1v) is 10.9. The Morgan fingerprint density at radius 3 is 2.73 bits per heavy atom. The van der Waals surface area contributed by atoms with Gasteiger partial charge >= 0.3 is 6.18 Å². The minimum Gasteiger partial charge on any atom is -0.471 e. The van der Waals surface area contributed by atoms with Crippen LogP contribution in [0.2, 0.25) is 5.02 Å². The Morgan fingerprint density at radius 1 is 1.30 bits per heavy atom. The maximum absolute atomic E-state index is 13.2. The third-order valence-electron chi connectivity index (χ3n) is 5.31. The van der Waals surface area contributed by atoms with E-state index in [1.54, 1.807) is 6.20 Å². The molecule has 2 heterocycles. The van der Waals surface area contributed by atoms with E-state index in [0.29, 0.717) is 11.4 Å². The Bertz CT molecular complexity index is 1170. The standard InChI is InChI=1S/C22H23ClF3N5O2/c1-13-3-6-17(14(2)9-13)33-12-30-11-16(10-27-30)28-18(32)7-8-31-20(15-4-5-15)19(23)21(29-31)22(24,25)26/h3,6,9-11,15H,4-5,7-8,12H2,1-2H3,(H,28,32). The SMILES string of the molecule is Cc1ccc(OCn2cc(NC(=O)CCn3nc(C(F)(F)F)c(Cl)c3C3CC3)cn2)c(C)c1. The zero-order valence-corrected chi connectivity index (χ0v) is 18.9. The first kappa shape index (κ1) is 23.2. The maximum atomic E-state index is 13.2. The minimum atomic E-state index is -4.64. The van der Waals surface area contributed by atoms with Crippen LogP contribution in [0.15, 0.2) is 30.6 Å². The van der Waals surface area contributed by atoms with Crippen LogP contribution in [0.4, 0.5) is 18.9 Å². The summed E-state index contributed by atoms with van der Waals surface area (Å²) in [6, 6.07) is 5.86. The van der Waals surface area contributed by atoms with Gasteiger partial charge in [-0.3, -0.25) is 9.48 Å². The van der Waals surface area contributed by atoms with Gasteiger partial charge in [0.15, 0.2) is 12.4 Å². The summed E-state index contributed by atoms with van der Waals surface area (Å²) in [6.45, 7) is 4.12. The quantitative estimate of drug-likeness (QED) is 0.473. The van der Waals surface area contributed by atoms with Crippen molar-refractivity contribution < 1.29 is 22.7 Å². The number of hydrogen-bond donors (Lipinski definition) is 1. The van der Waals surface area contributed by atoms with Gasteiger partial charge in [-0.1, -0.05) is 29.3 Å². The van der Waals surface area contributed by atoms with Crippen molar-refractivity contribution in [3.8, 4) is 5.75 Å². The number of benzene rings is 1. The molecule has 176 valence electrons. The molecule has 0 atom stereocenters. The number of nitrogens with zero attached hydrogens (tertiary/aromatic N) is 4. The lowest BCUT2D eigenvalue weighted by Crippen LogP contribution is -2.16. The molecule has 3 aromatic rings. The molecule has 4 rings (SSSR count). The fourth-order valence-corrected chi connectivity index (χ4v) is 3.97. The zero-order valence-electron chi connectivity index (χ0n) is 18.1. The molecule has 1 saturated carbocycles. The molecule has 1 fully saturated rings. The summed E-state index contributed by atoms with van der Waals surface area (Å²) in [5.74, 6) is 0.329. The molecule has 1 N–H and O–H groups in total. The van der Waals surface area contributed by atoms with Crippen LogP contribution in [-0.4, -0.2) is 25.5 Å². The van der Waals surface area contributed by atoms with Gasteiger partial charge in [0.1, 0.15) is 5.75 Å². The Balaban J connectivity index is 1.33. The highest BCUT2D eigenvalue weighted by Gasteiger charge is 2.42. The summed E-state index contributed by atoms with van der Waals surface area (Å²) >= 11 is 5.96. The Kier molecular flexibility index (Phi) is 6.38. The van der Waals surface area contributed by atoms with E-state index in [1.165, 1.54) is 15.6 Å². The summed E-state index contributed by atoms with van der Waals surface area (Å²) < 4.78 is 48.0. The van der Waals surface area contributed by atoms with Crippen LogP contribution in [0.3, 0.4) is 0 Å². The number of halogens is 4. The van der Waals surface area contributed by atoms with E-state index in [2.05, 4.69) is 15.5 Å². The predicted octanol–water partition coefficient (Wildman–Crippen LogP) is 5.31. The number of aryl methyl sites for hydroxylation is 3. The van der Waals surface area contributed by atoms with E-state index in [0.717, 1.165) is 29.7 Å². The summed E-state index contributed by atoms with van der Waals surface area (Å²) in [4.78, 5) is 12.4. The van der Waals surface area contributed by atoms with Crippen LogP contribution in [0.5, 0.6) is 5.75 Å². The lowest BCUT2D eigenvalue weighted by molar-refractivity contribution is -0.141. The van der Waals surface area contributed by atoms with Crippen LogP contribution in [-0.2, 0) is 24.2 Å². The smallest absolute Gasteiger partial charge is 0.436 e. The number of carbonyl (C=O) groups is 1. The molecule has 7 nitrogen and oxygen atoms in total. The van der Waals surface area contributed by atoms with Crippen molar-refractivity contribution in [3.63, 3.8) is 0 Å². The molecule has 0 saturated heterocycles. The van der Waals surface area contributed by atoms with Gasteiger partial charge in [-0.2, -0.15) is 23.4 Å². The van der Waals surface area contributed by atoms with Crippen LogP contribution >= 0.6 is 11.6 Å². The number of anilines is 1. The van der Waals surface area contributed by atoms with Crippen molar-refractivity contribution in [2.24, 2.45) is 0 Å². The van der Waals surface area contributed by atoms with Gasteiger partial charge in [0.05, 0.1) is 35.3 Å². The summed E-state index contributed by atoms with van der Waals surface area (Å²) in [5, 5.41) is 10.1. The van der Waals surface area contributed by atoms with E-state index in [-0.39, 0.29) is 36.5 Å². The van der Waals surface area contributed by atoms with Crippen LogP contribution in [0, 0.1) is 13.8 Å². The zero-order chi connectivity index (χ0) is 23.8. The lowest BCUT2D eigenvalue weighted by Gasteiger charge is -2.09. The number of nitrogens with one attached hydrogen (secondary N) is 1. The largest absolute Gasteiger partial charge is 0.471 e. The third kappa shape index (κ3) is 5.50. The summed E-state index contributed by atoms with van der Waals surface area (Å²) in [7, 11) is 0. The fourth-order valence-electron chi connectivity index (χ4n) is 3.58.